The van der Waals surface area contributed by atoms with Crippen LogP contribution in [0, 0.1) is 0 Å². The minimum atomic E-state index is -1.16. The highest BCUT2D eigenvalue weighted by Crippen LogP contribution is 2.17. The number of carbonyl (C=O) groups excluding carboxylic acids is 2. The van der Waals surface area contributed by atoms with E-state index in [-0.39, 0.29) is 18.9 Å². The molecular formula is C11H18N2O5. The molecule has 1 aliphatic carbocycles. The molecule has 1 rings (SSSR count). The Labute approximate surface area is 105 Å². The normalized spacial score (nSPS) is 16.3. The molecule has 18 heavy (non-hydrogen) atoms. The Morgan fingerprint density at radius 2 is 2.06 bits per heavy atom. The summed E-state index contributed by atoms with van der Waals surface area (Å²) in [6.07, 6.45) is 2.90. The number of amides is 2. The third kappa shape index (κ3) is 4.60. The number of carboxylic acids is 1. The van der Waals surface area contributed by atoms with E-state index in [0.717, 1.165) is 19.3 Å². The first kappa shape index (κ1) is 14.3. The number of methoxy groups -OCH3 is 1. The number of carbonyl (C=O) groups is 3. The number of aliphatic carboxylic acids is 1. The van der Waals surface area contributed by atoms with Gasteiger partial charge in [-0.3, -0.25) is 4.79 Å². The van der Waals surface area contributed by atoms with Crippen LogP contribution in [0.2, 0.25) is 0 Å². The van der Waals surface area contributed by atoms with Crippen molar-refractivity contribution in [1.82, 2.24) is 10.6 Å². The molecule has 0 saturated heterocycles. The van der Waals surface area contributed by atoms with Crippen LogP contribution in [0.3, 0.4) is 0 Å². The van der Waals surface area contributed by atoms with Gasteiger partial charge in [0.1, 0.15) is 6.04 Å². The molecule has 1 saturated carbocycles. The minimum Gasteiger partial charge on any atom is -0.480 e. The van der Waals surface area contributed by atoms with E-state index in [4.69, 9.17) is 5.11 Å². The van der Waals surface area contributed by atoms with Gasteiger partial charge in [0.15, 0.2) is 0 Å². The number of nitrogens with one attached hydrogen (secondary N) is 2. The van der Waals surface area contributed by atoms with E-state index in [1.54, 1.807) is 0 Å². The molecule has 102 valence electrons. The monoisotopic (exact) mass is 258 g/mol. The molecule has 2 amide bonds. The van der Waals surface area contributed by atoms with Gasteiger partial charge in [0.25, 0.3) is 0 Å². The highest BCUT2D eigenvalue weighted by atomic mass is 16.5. The molecule has 0 aromatic carbocycles. The second-order valence-corrected chi connectivity index (χ2v) is 4.25. The molecule has 0 bridgehead atoms. The smallest absolute Gasteiger partial charge is 0.326 e. The maximum absolute atomic E-state index is 11.5. The quantitative estimate of drug-likeness (QED) is 0.592. The van der Waals surface area contributed by atoms with Crippen LogP contribution in [0.25, 0.3) is 0 Å². The number of rotatable bonds is 6. The predicted molar refractivity (Wildman–Crippen MR) is 62.0 cm³/mol. The zero-order valence-electron chi connectivity index (χ0n) is 10.3. The molecule has 3 N–H and O–H groups in total. The Kier molecular flexibility index (Phi) is 5.41. The summed E-state index contributed by atoms with van der Waals surface area (Å²) in [6, 6.07) is -1.44. The molecule has 7 nitrogen and oxygen atoms in total. The number of hydrogen-bond acceptors (Lipinski definition) is 4. The van der Waals surface area contributed by atoms with E-state index in [1.807, 2.05) is 0 Å². The van der Waals surface area contributed by atoms with Crippen LogP contribution in [0.1, 0.15) is 32.1 Å². The summed E-state index contributed by atoms with van der Waals surface area (Å²) in [6.45, 7) is 0. The highest BCUT2D eigenvalue weighted by Gasteiger charge is 2.24. The van der Waals surface area contributed by atoms with Crippen LogP contribution >= 0.6 is 0 Å². The largest absolute Gasteiger partial charge is 0.480 e. The van der Waals surface area contributed by atoms with Crippen LogP contribution in [-0.4, -0.2) is 42.3 Å². The van der Waals surface area contributed by atoms with Gasteiger partial charge in [-0.2, -0.15) is 0 Å². The first-order valence-electron chi connectivity index (χ1n) is 5.89. The van der Waals surface area contributed by atoms with Crippen molar-refractivity contribution in [3.63, 3.8) is 0 Å². The average molecular weight is 258 g/mol. The molecule has 0 unspecified atom stereocenters. The molecule has 1 atom stereocenters. The predicted octanol–water partition coefficient (Wildman–Crippen LogP) is 0.245. The van der Waals surface area contributed by atoms with Crippen molar-refractivity contribution in [2.45, 2.75) is 44.2 Å². The van der Waals surface area contributed by atoms with Gasteiger partial charge in [-0.1, -0.05) is 0 Å². The number of hydrogen-bond donors (Lipinski definition) is 3. The first-order chi connectivity index (χ1) is 8.52. The zero-order valence-corrected chi connectivity index (χ0v) is 10.3. The van der Waals surface area contributed by atoms with Crippen molar-refractivity contribution in [1.29, 1.82) is 0 Å². The van der Waals surface area contributed by atoms with Crippen molar-refractivity contribution < 1.29 is 24.2 Å². The molecule has 0 radical (unpaired) electrons. The third-order valence-corrected chi connectivity index (χ3v) is 2.91. The lowest BCUT2D eigenvalue weighted by Crippen LogP contribution is -2.50. The Morgan fingerprint density at radius 1 is 1.39 bits per heavy atom. The minimum absolute atomic E-state index is 0.0140. The van der Waals surface area contributed by atoms with Crippen molar-refractivity contribution in [2.75, 3.05) is 7.11 Å². The fourth-order valence-electron chi connectivity index (χ4n) is 1.56. The maximum atomic E-state index is 11.5. The lowest BCUT2D eigenvalue weighted by molar-refractivity contribution is -0.142. The van der Waals surface area contributed by atoms with Gasteiger partial charge in [0, 0.05) is 12.5 Å². The van der Waals surface area contributed by atoms with Crippen molar-refractivity contribution in [3.8, 4) is 0 Å². The van der Waals surface area contributed by atoms with Crippen LogP contribution in [0.15, 0.2) is 0 Å². The van der Waals surface area contributed by atoms with Crippen molar-refractivity contribution >= 4 is 18.0 Å². The fraction of sp³-hybridized carbons (Fsp3) is 0.727. The highest BCUT2D eigenvalue weighted by molar-refractivity contribution is 5.83. The maximum Gasteiger partial charge on any atom is 0.326 e. The van der Waals surface area contributed by atoms with E-state index >= 15 is 0 Å². The summed E-state index contributed by atoms with van der Waals surface area (Å²) in [5.74, 6) is -1.66. The van der Waals surface area contributed by atoms with E-state index in [9.17, 15) is 14.4 Å². The van der Waals surface area contributed by atoms with Gasteiger partial charge in [-0.15, -0.1) is 0 Å². The topological polar surface area (TPSA) is 105 Å². The molecule has 1 aliphatic rings. The molecule has 0 aromatic heterocycles. The molecule has 0 heterocycles. The van der Waals surface area contributed by atoms with Crippen LogP contribution in [0.4, 0.5) is 4.79 Å². The van der Waals surface area contributed by atoms with Gasteiger partial charge in [0.05, 0.1) is 7.11 Å². The summed E-state index contributed by atoms with van der Waals surface area (Å²) in [7, 11) is 1.23. The number of ether oxygens (including phenoxy) is 1. The second-order valence-electron chi connectivity index (χ2n) is 4.25. The Balaban J connectivity index is 2.33. The lowest BCUT2D eigenvalue weighted by Gasteiger charge is -2.27. The first-order valence-corrected chi connectivity index (χ1v) is 5.89. The van der Waals surface area contributed by atoms with Crippen molar-refractivity contribution in [3.05, 3.63) is 0 Å². The fourth-order valence-corrected chi connectivity index (χ4v) is 1.56. The Morgan fingerprint density at radius 3 is 2.50 bits per heavy atom. The second kappa shape index (κ2) is 6.83. The van der Waals surface area contributed by atoms with Gasteiger partial charge in [-0.05, 0) is 25.7 Å². The lowest BCUT2D eigenvalue weighted by atomic mass is 9.93. The van der Waals surface area contributed by atoms with Crippen LogP contribution < -0.4 is 10.6 Å². The van der Waals surface area contributed by atoms with Gasteiger partial charge >= 0.3 is 18.0 Å². The molecule has 0 spiro atoms. The van der Waals surface area contributed by atoms with Gasteiger partial charge in [-0.25, -0.2) is 9.59 Å². The summed E-state index contributed by atoms with van der Waals surface area (Å²) in [5.41, 5.74) is 0. The number of carboxylic acid groups (broad SMARTS) is 1. The molecule has 1 fully saturated rings. The number of esters is 1. The molecular weight excluding hydrogens is 240 g/mol. The molecule has 0 aromatic rings. The summed E-state index contributed by atoms with van der Waals surface area (Å²) in [4.78, 5) is 33.3. The van der Waals surface area contributed by atoms with E-state index < -0.39 is 24.0 Å². The summed E-state index contributed by atoms with van der Waals surface area (Å²) in [5, 5.41) is 13.9. The standard InChI is InChI=1S/C11H18N2O5/c1-18-9(14)6-5-8(10(15)16)13-11(17)12-7-3-2-4-7/h7-8H,2-6H2,1H3,(H,15,16)(H2,12,13,17)/t8-/m0/s1. The average Bonchev–Trinajstić information content (AvgIpc) is 2.28. The van der Waals surface area contributed by atoms with Crippen LogP contribution in [-0.2, 0) is 14.3 Å². The van der Waals surface area contributed by atoms with Crippen LogP contribution in [0.5, 0.6) is 0 Å². The summed E-state index contributed by atoms with van der Waals surface area (Å²) >= 11 is 0. The van der Waals surface area contributed by atoms with Crippen molar-refractivity contribution in [2.24, 2.45) is 0 Å². The zero-order chi connectivity index (χ0) is 13.5. The third-order valence-electron chi connectivity index (χ3n) is 2.91. The molecule has 7 heteroatoms. The molecule has 0 aliphatic heterocycles. The van der Waals surface area contributed by atoms with Gasteiger partial charge < -0.3 is 20.5 Å². The Hall–Kier alpha value is -1.79. The van der Waals surface area contributed by atoms with E-state index in [0.29, 0.717) is 0 Å². The van der Waals surface area contributed by atoms with E-state index in [1.165, 1.54) is 7.11 Å². The number of urea groups is 1. The Bertz CT molecular complexity index is 327. The summed E-state index contributed by atoms with van der Waals surface area (Å²) < 4.78 is 4.42. The van der Waals surface area contributed by atoms with Gasteiger partial charge in [0.2, 0.25) is 0 Å². The van der Waals surface area contributed by atoms with E-state index in [2.05, 4.69) is 15.4 Å². The SMILES string of the molecule is COC(=O)CC[C@H](NC(=O)NC1CCC1)C(=O)O.